The van der Waals surface area contributed by atoms with E-state index in [1.165, 1.54) is 5.56 Å². The highest BCUT2D eigenvalue weighted by atomic mass is 79.9. The molecule has 0 radical (unpaired) electrons. The van der Waals surface area contributed by atoms with E-state index in [0.717, 1.165) is 42.3 Å². The lowest BCUT2D eigenvalue weighted by atomic mass is 10.2. The summed E-state index contributed by atoms with van der Waals surface area (Å²) >= 11 is 9.39. The molecular formula is C12H18BrClN2O. The molecule has 0 aromatic heterocycles. The van der Waals surface area contributed by atoms with Gasteiger partial charge in [-0.3, -0.25) is 0 Å². The van der Waals surface area contributed by atoms with Gasteiger partial charge in [0.05, 0.1) is 6.61 Å². The molecule has 3 nitrogen and oxygen atoms in total. The number of hydrogen-bond acceptors (Lipinski definition) is 3. The van der Waals surface area contributed by atoms with Crippen molar-refractivity contribution in [3.8, 4) is 0 Å². The highest BCUT2D eigenvalue weighted by Gasteiger charge is 1.97. The lowest BCUT2D eigenvalue weighted by Gasteiger charge is -2.07. The van der Waals surface area contributed by atoms with Crippen molar-refractivity contribution in [2.75, 3.05) is 33.4 Å². The van der Waals surface area contributed by atoms with Crippen LogP contribution in [0.5, 0.6) is 0 Å². The fraction of sp³-hybridized carbons (Fsp3) is 0.500. The Bertz CT molecular complexity index is 316. The second-order valence-electron chi connectivity index (χ2n) is 3.70. The van der Waals surface area contributed by atoms with Gasteiger partial charge in [-0.1, -0.05) is 27.5 Å². The van der Waals surface area contributed by atoms with Gasteiger partial charge in [-0.05, 0) is 23.8 Å². The minimum absolute atomic E-state index is 0.751. The van der Waals surface area contributed by atoms with Crippen molar-refractivity contribution in [1.82, 2.24) is 10.6 Å². The van der Waals surface area contributed by atoms with Crippen LogP contribution in [0.3, 0.4) is 0 Å². The van der Waals surface area contributed by atoms with Crippen molar-refractivity contribution >= 4 is 27.5 Å². The summed E-state index contributed by atoms with van der Waals surface area (Å²) in [7, 11) is 1.71. The Morgan fingerprint density at radius 1 is 1.18 bits per heavy atom. The first kappa shape index (κ1) is 14.9. The van der Waals surface area contributed by atoms with Crippen molar-refractivity contribution in [2.45, 2.75) is 6.54 Å². The number of benzene rings is 1. The normalized spacial score (nSPS) is 10.8. The predicted molar refractivity (Wildman–Crippen MR) is 75.6 cm³/mol. The number of hydrogen-bond donors (Lipinski definition) is 2. The Morgan fingerprint density at radius 2 is 1.94 bits per heavy atom. The highest BCUT2D eigenvalue weighted by molar-refractivity contribution is 9.10. The SMILES string of the molecule is COCCNCCNCc1cc(Cl)cc(Br)c1. The number of methoxy groups -OCH3 is 1. The summed E-state index contributed by atoms with van der Waals surface area (Å²) in [5, 5.41) is 7.38. The van der Waals surface area contributed by atoms with E-state index in [1.807, 2.05) is 12.1 Å². The third kappa shape index (κ3) is 7.01. The van der Waals surface area contributed by atoms with Gasteiger partial charge in [0.25, 0.3) is 0 Å². The number of ether oxygens (including phenoxy) is 1. The first-order valence-corrected chi connectivity index (χ1v) is 6.75. The summed E-state index contributed by atoms with van der Waals surface area (Å²) in [6, 6.07) is 5.92. The summed E-state index contributed by atoms with van der Waals surface area (Å²) in [6.45, 7) is 4.33. The van der Waals surface area contributed by atoms with E-state index in [4.69, 9.17) is 16.3 Å². The van der Waals surface area contributed by atoms with E-state index in [1.54, 1.807) is 7.11 Å². The highest BCUT2D eigenvalue weighted by Crippen LogP contribution is 2.19. The molecule has 1 aromatic rings. The Hall–Kier alpha value is -0.130. The zero-order chi connectivity index (χ0) is 12.5. The molecule has 0 saturated carbocycles. The Labute approximate surface area is 116 Å². The van der Waals surface area contributed by atoms with Gasteiger partial charge < -0.3 is 15.4 Å². The summed E-state index contributed by atoms with van der Waals surface area (Å²) in [4.78, 5) is 0. The molecule has 2 N–H and O–H groups in total. The molecule has 0 aliphatic rings. The van der Waals surface area contributed by atoms with Crippen molar-refractivity contribution in [2.24, 2.45) is 0 Å². The molecule has 0 bridgehead atoms. The van der Waals surface area contributed by atoms with E-state index in [-0.39, 0.29) is 0 Å². The van der Waals surface area contributed by atoms with Gasteiger partial charge in [0.1, 0.15) is 0 Å². The van der Waals surface area contributed by atoms with E-state index in [2.05, 4.69) is 32.6 Å². The third-order valence-corrected chi connectivity index (χ3v) is 2.89. The van der Waals surface area contributed by atoms with Crippen molar-refractivity contribution in [3.63, 3.8) is 0 Å². The number of nitrogens with one attached hydrogen (secondary N) is 2. The lowest BCUT2D eigenvalue weighted by Crippen LogP contribution is -2.29. The molecule has 0 saturated heterocycles. The van der Waals surface area contributed by atoms with Crippen LogP contribution >= 0.6 is 27.5 Å². The molecule has 0 fully saturated rings. The molecule has 0 spiro atoms. The summed E-state index contributed by atoms with van der Waals surface area (Å²) in [5.41, 5.74) is 1.18. The Kier molecular flexibility index (Phi) is 7.81. The van der Waals surface area contributed by atoms with Gasteiger partial charge in [-0.25, -0.2) is 0 Å². The molecule has 0 unspecified atom stereocenters. The first-order chi connectivity index (χ1) is 8.22. The molecule has 17 heavy (non-hydrogen) atoms. The van der Waals surface area contributed by atoms with Crippen molar-refractivity contribution in [1.29, 1.82) is 0 Å². The monoisotopic (exact) mass is 320 g/mol. The fourth-order valence-electron chi connectivity index (χ4n) is 1.42. The molecule has 5 heteroatoms. The predicted octanol–water partition coefficient (Wildman–Crippen LogP) is 2.43. The van der Waals surface area contributed by atoms with Crippen LogP contribution in [0.2, 0.25) is 5.02 Å². The van der Waals surface area contributed by atoms with Crippen LogP contribution in [0.15, 0.2) is 22.7 Å². The molecule has 0 aliphatic carbocycles. The van der Waals surface area contributed by atoms with Gasteiger partial charge in [0, 0.05) is 42.8 Å². The van der Waals surface area contributed by atoms with E-state index < -0.39 is 0 Å². The zero-order valence-electron chi connectivity index (χ0n) is 9.93. The minimum Gasteiger partial charge on any atom is -0.383 e. The molecule has 0 atom stereocenters. The maximum absolute atomic E-state index is 5.96. The average Bonchev–Trinajstić information content (AvgIpc) is 2.26. The van der Waals surface area contributed by atoms with Crippen molar-refractivity contribution in [3.05, 3.63) is 33.3 Å². The zero-order valence-corrected chi connectivity index (χ0v) is 12.3. The quantitative estimate of drug-likeness (QED) is 0.722. The Balaban J connectivity index is 2.13. The summed E-state index contributed by atoms with van der Waals surface area (Å²) in [5.74, 6) is 0. The van der Waals surface area contributed by atoms with E-state index in [0.29, 0.717) is 0 Å². The van der Waals surface area contributed by atoms with Gasteiger partial charge in [0.15, 0.2) is 0 Å². The molecular weight excluding hydrogens is 304 g/mol. The Morgan fingerprint density at radius 3 is 2.65 bits per heavy atom. The van der Waals surface area contributed by atoms with Crippen LogP contribution in [-0.2, 0) is 11.3 Å². The molecule has 96 valence electrons. The molecule has 0 heterocycles. The molecule has 1 aromatic carbocycles. The fourth-order valence-corrected chi connectivity index (χ4v) is 2.35. The van der Waals surface area contributed by atoms with Crippen LogP contribution in [0.25, 0.3) is 0 Å². The molecule has 0 aliphatic heterocycles. The second kappa shape index (κ2) is 8.89. The summed E-state index contributed by atoms with van der Waals surface area (Å²) in [6.07, 6.45) is 0. The number of rotatable bonds is 8. The van der Waals surface area contributed by atoms with Crippen LogP contribution in [0, 0.1) is 0 Å². The smallest absolute Gasteiger partial charge is 0.0587 e. The largest absolute Gasteiger partial charge is 0.383 e. The lowest BCUT2D eigenvalue weighted by molar-refractivity contribution is 0.199. The van der Waals surface area contributed by atoms with Gasteiger partial charge in [-0.15, -0.1) is 0 Å². The topological polar surface area (TPSA) is 33.3 Å². The van der Waals surface area contributed by atoms with Gasteiger partial charge in [0.2, 0.25) is 0 Å². The van der Waals surface area contributed by atoms with Crippen LogP contribution < -0.4 is 10.6 Å². The van der Waals surface area contributed by atoms with Gasteiger partial charge in [-0.2, -0.15) is 0 Å². The maximum atomic E-state index is 5.96. The van der Waals surface area contributed by atoms with E-state index >= 15 is 0 Å². The standard InChI is InChI=1S/C12H18BrClN2O/c1-17-5-4-15-2-3-16-9-10-6-11(13)8-12(14)7-10/h6-8,15-16H,2-5,9H2,1H3. The molecule has 1 rings (SSSR count). The first-order valence-electron chi connectivity index (χ1n) is 5.57. The van der Waals surface area contributed by atoms with Crippen LogP contribution in [0.1, 0.15) is 5.56 Å². The average molecular weight is 322 g/mol. The van der Waals surface area contributed by atoms with Crippen LogP contribution in [-0.4, -0.2) is 33.4 Å². The van der Waals surface area contributed by atoms with Crippen LogP contribution in [0.4, 0.5) is 0 Å². The number of halogens is 2. The second-order valence-corrected chi connectivity index (χ2v) is 5.05. The summed E-state index contributed by atoms with van der Waals surface area (Å²) < 4.78 is 5.96. The van der Waals surface area contributed by atoms with Crippen molar-refractivity contribution < 1.29 is 4.74 Å². The van der Waals surface area contributed by atoms with Gasteiger partial charge >= 0.3 is 0 Å². The van der Waals surface area contributed by atoms with E-state index in [9.17, 15) is 0 Å². The molecule has 0 amide bonds. The maximum Gasteiger partial charge on any atom is 0.0587 e. The third-order valence-electron chi connectivity index (χ3n) is 2.21. The minimum atomic E-state index is 0.751.